The number of carbonyl (C=O) groups is 2. The number of fused-ring (bicyclic) bond motifs is 3. The zero-order valence-electron chi connectivity index (χ0n) is 15.3. The molecular formula is C22H20FNO3. The van der Waals surface area contributed by atoms with Gasteiger partial charge < -0.3 is 9.67 Å². The van der Waals surface area contributed by atoms with E-state index in [1.807, 2.05) is 0 Å². The minimum Gasteiger partial charge on any atom is -0.478 e. The Bertz CT molecular complexity index is 1080. The predicted molar refractivity (Wildman–Crippen MR) is 101 cm³/mol. The number of carboxylic acid groups (broad SMARTS) is 1. The number of Topliss-reactive ketones (excluding diaryl/α,β-unsaturated/α-hetero) is 1. The summed E-state index contributed by atoms with van der Waals surface area (Å²) in [4.78, 5) is 23.9. The quantitative estimate of drug-likeness (QED) is 0.733. The Labute approximate surface area is 156 Å². The van der Waals surface area contributed by atoms with Gasteiger partial charge in [0.15, 0.2) is 5.78 Å². The number of benzene rings is 2. The van der Waals surface area contributed by atoms with Crippen molar-refractivity contribution >= 4 is 22.7 Å². The first-order valence-corrected chi connectivity index (χ1v) is 8.91. The molecule has 1 aromatic heterocycles. The molecule has 1 N–H and O–H groups in total. The number of carboxylic acids is 1. The zero-order chi connectivity index (χ0) is 19.3. The summed E-state index contributed by atoms with van der Waals surface area (Å²) in [5.41, 5.74) is 3.40. The number of aromatic carboxylic acids is 1. The number of rotatable bonds is 3. The van der Waals surface area contributed by atoms with Gasteiger partial charge in [0, 0.05) is 35.1 Å². The Morgan fingerprint density at radius 2 is 1.85 bits per heavy atom. The molecule has 0 aliphatic heterocycles. The van der Waals surface area contributed by atoms with Gasteiger partial charge in [-0.1, -0.05) is 26.0 Å². The van der Waals surface area contributed by atoms with E-state index in [2.05, 4.69) is 18.4 Å². The first-order valence-electron chi connectivity index (χ1n) is 8.91. The molecule has 0 amide bonds. The molecular weight excluding hydrogens is 345 g/mol. The van der Waals surface area contributed by atoms with E-state index in [1.54, 1.807) is 30.3 Å². The van der Waals surface area contributed by atoms with Gasteiger partial charge in [-0.25, -0.2) is 9.18 Å². The SMILES string of the molecule is CC1(C)CC(=O)c2c(n(Cc3ccc(C(=O)O)cc3)c3ccc(F)cc23)C1. The van der Waals surface area contributed by atoms with Crippen LogP contribution in [0.4, 0.5) is 4.39 Å². The van der Waals surface area contributed by atoms with Crippen LogP contribution in [-0.4, -0.2) is 21.4 Å². The second kappa shape index (κ2) is 6.05. The van der Waals surface area contributed by atoms with Gasteiger partial charge in [0.05, 0.1) is 5.56 Å². The summed E-state index contributed by atoms with van der Waals surface area (Å²) in [6, 6.07) is 11.3. The van der Waals surface area contributed by atoms with Crippen molar-refractivity contribution in [2.24, 2.45) is 5.41 Å². The van der Waals surface area contributed by atoms with Gasteiger partial charge in [0.25, 0.3) is 0 Å². The smallest absolute Gasteiger partial charge is 0.335 e. The van der Waals surface area contributed by atoms with Gasteiger partial charge in [-0.3, -0.25) is 4.79 Å². The average molecular weight is 365 g/mol. The second-order valence-corrected chi connectivity index (χ2v) is 8.01. The van der Waals surface area contributed by atoms with Gasteiger partial charge in [-0.15, -0.1) is 0 Å². The molecule has 4 rings (SSSR count). The van der Waals surface area contributed by atoms with Crippen molar-refractivity contribution < 1.29 is 19.1 Å². The third-order valence-corrected chi connectivity index (χ3v) is 5.24. The van der Waals surface area contributed by atoms with Gasteiger partial charge in [-0.05, 0) is 47.7 Å². The maximum absolute atomic E-state index is 13.9. The Kier molecular flexibility index (Phi) is 3.91. The van der Waals surface area contributed by atoms with Crippen LogP contribution in [0, 0.1) is 11.2 Å². The first kappa shape index (κ1) is 17.5. The van der Waals surface area contributed by atoms with Crippen molar-refractivity contribution in [3.63, 3.8) is 0 Å². The van der Waals surface area contributed by atoms with Crippen LogP contribution in [0.5, 0.6) is 0 Å². The minimum atomic E-state index is -0.965. The number of nitrogens with zero attached hydrogens (tertiary/aromatic N) is 1. The van der Waals surface area contributed by atoms with Gasteiger partial charge in [-0.2, -0.15) is 0 Å². The van der Waals surface area contributed by atoms with Crippen molar-refractivity contribution in [2.75, 3.05) is 0 Å². The van der Waals surface area contributed by atoms with Crippen LogP contribution in [0.3, 0.4) is 0 Å². The molecule has 0 atom stereocenters. The number of ketones is 1. The van der Waals surface area contributed by atoms with Crippen molar-refractivity contribution in [1.82, 2.24) is 4.57 Å². The van der Waals surface area contributed by atoms with Crippen LogP contribution in [0.25, 0.3) is 10.9 Å². The van der Waals surface area contributed by atoms with Crippen molar-refractivity contribution in [2.45, 2.75) is 33.2 Å². The van der Waals surface area contributed by atoms with E-state index in [4.69, 9.17) is 5.11 Å². The molecule has 0 saturated carbocycles. The number of halogens is 1. The second-order valence-electron chi connectivity index (χ2n) is 8.01. The fourth-order valence-corrected chi connectivity index (χ4v) is 4.03. The standard InChI is InChI=1S/C22H20FNO3/c1-22(2)10-18-20(19(25)11-22)16-9-15(23)7-8-17(16)24(18)12-13-3-5-14(6-4-13)21(26)27/h3-9H,10-12H2,1-2H3,(H,26,27). The topological polar surface area (TPSA) is 59.3 Å². The van der Waals surface area contributed by atoms with E-state index >= 15 is 0 Å². The average Bonchev–Trinajstić information content (AvgIpc) is 2.87. The minimum absolute atomic E-state index is 0.0526. The highest BCUT2D eigenvalue weighted by Crippen LogP contribution is 2.40. The Morgan fingerprint density at radius 3 is 2.52 bits per heavy atom. The molecule has 1 aliphatic carbocycles. The van der Waals surface area contributed by atoms with Gasteiger partial charge in [0.1, 0.15) is 5.82 Å². The first-order chi connectivity index (χ1) is 12.7. The number of hydrogen-bond donors (Lipinski definition) is 1. The number of carbonyl (C=O) groups excluding carboxylic acids is 1. The highest BCUT2D eigenvalue weighted by atomic mass is 19.1. The zero-order valence-corrected chi connectivity index (χ0v) is 15.3. The lowest BCUT2D eigenvalue weighted by Gasteiger charge is -2.30. The third-order valence-electron chi connectivity index (χ3n) is 5.24. The monoisotopic (exact) mass is 365 g/mol. The fraction of sp³-hybridized carbons (Fsp3) is 0.273. The molecule has 138 valence electrons. The van der Waals surface area contributed by atoms with Gasteiger partial charge in [0.2, 0.25) is 0 Å². The lowest BCUT2D eigenvalue weighted by Crippen LogP contribution is -2.28. The third kappa shape index (κ3) is 3.03. The molecule has 3 aromatic rings. The van der Waals surface area contributed by atoms with E-state index < -0.39 is 5.97 Å². The van der Waals surface area contributed by atoms with E-state index in [0.717, 1.165) is 23.2 Å². The normalized spacial score (nSPS) is 15.7. The van der Waals surface area contributed by atoms with E-state index in [0.29, 0.717) is 23.9 Å². The molecule has 0 unspecified atom stereocenters. The lowest BCUT2D eigenvalue weighted by atomic mass is 9.75. The molecule has 1 heterocycles. The van der Waals surface area contributed by atoms with E-state index in [1.165, 1.54) is 12.1 Å². The van der Waals surface area contributed by atoms with Crippen LogP contribution < -0.4 is 0 Å². The molecule has 1 aliphatic rings. The molecule has 0 saturated heterocycles. The molecule has 0 radical (unpaired) electrons. The summed E-state index contributed by atoms with van der Waals surface area (Å²) in [5, 5.41) is 9.73. The molecule has 5 heteroatoms. The largest absolute Gasteiger partial charge is 0.478 e. The summed E-state index contributed by atoms with van der Waals surface area (Å²) < 4.78 is 15.9. The van der Waals surface area contributed by atoms with Crippen LogP contribution in [-0.2, 0) is 13.0 Å². The lowest BCUT2D eigenvalue weighted by molar-refractivity contribution is 0.0696. The van der Waals surface area contributed by atoms with E-state index in [9.17, 15) is 14.0 Å². The number of hydrogen-bond acceptors (Lipinski definition) is 2. The summed E-state index contributed by atoms with van der Waals surface area (Å²) >= 11 is 0. The Balaban J connectivity index is 1.87. The maximum atomic E-state index is 13.9. The summed E-state index contributed by atoms with van der Waals surface area (Å²) in [5.74, 6) is -1.27. The molecule has 2 aromatic carbocycles. The highest BCUT2D eigenvalue weighted by Gasteiger charge is 2.35. The summed E-state index contributed by atoms with van der Waals surface area (Å²) in [6.45, 7) is 4.64. The van der Waals surface area contributed by atoms with Crippen LogP contribution in [0.2, 0.25) is 0 Å². The van der Waals surface area contributed by atoms with Crippen molar-refractivity contribution in [3.8, 4) is 0 Å². The van der Waals surface area contributed by atoms with Crippen LogP contribution in [0.1, 0.15) is 52.2 Å². The molecule has 0 spiro atoms. The fourth-order valence-electron chi connectivity index (χ4n) is 4.03. The molecule has 27 heavy (non-hydrogen) atoms. The predicted octanol–water partition coefficient (Wildman–Crippen LogP) is 4.68. The van der Waals surface area contributed by atoms with Crippen LogP contribution >= 0.6 is 0 Å². The van der Waals surface area contributed by atoms with Crippen molar-refractivity contribution in [3.05, 3.63) is 70.7 Å². The van der Waals surface area contributed by atoms with Crippen molar-refractivity contribution in [1.29, 1.82) is 0 Å². The maximum Gasteiger partial charge on any atom is 0.335 e. The summed E-state index contributed by atoms with van der Waals surface area (Å²) in [6.07, 6.45) is 1.18. The van der Waals surface area contributed by atoms with Crippen LogP contribution in [0.15, 0.2) is 42.5 Å². The van der Waals surface area contributed by atoms with E-state index in [-0.39, 0.29) is 22.6 Å². The Hall–Kier alpha value is -2.95. The Morgan fingerprint density at radius 1 is 1.15 bits per heavy atom. The summed E-state index contributed by atoms with van der Waals surface area (Å²) in [7, 11) is 0. The number of aromatic nitrogens is 1. The van der Waals surface area contributed by atoms with Gasteiger partial charge >= 0.3 is 5.97 Å². The highest BCUT2D eigenvalue weighted by molar-refractivity contribution is 6.10. The molecule has 4 nitrogen and oxygen atoms in total. The molecule has 0 fully saturated rings. The molecule has 0 bridgehead atoms.